The van der Waals surface area contributed by atoms with Gasteiger partial charge in [-0.2, -0.15) is 0 Å². The van der Waals surface area contributed by atoms with Gasteiger partial charge < -0.3 is 14.8 Å². The molecule has 0 spiro atoms. The summed E-state index contributed by atoms with van der Waals surface area (Å²) in [5.41, 5.74) is 1.09. The van der Waals surface area contributed by atoms with Crippen LogP contribution in [0, 0.1) is 5.92 Å². The van der Waals surface area contributed by atoms with Gasteiger partial charge in [0.15, 0.2) is 0 Å². The monoisotopic (exact) mass is 285 g/mol. The molecule has 19 heavy (non-hydrogen) atoms. The molecule has 1 unspecified atom stereocenters. The summed E-state index contributed by atoms with van der Waals surface area (Å²) in [5.74, 6) is 1.47. The Morgan fingerprint density at radius 1 is 1.37 bits per heavy atom. The van der Waals surface area contributed by atoms with Gasteiger partial charge in [0.1, 0.15) is 5.75 Å². The number of nitrogens with one attached hydrogen (secondary N) is 1. The first kappa shape index (κ1) is 16.3. The van der Waals surface area contributed by atoms with Gasteiger partial charge in [-0.3, -0.25) is 0 Å². The first-order valence-corrected chi connectivity index (χ1v) is 7.16. The number of benzene rings is 1. The lowest BCUT2D eigenvalue weighted by atomic mass is 10.1. The Bertz CT molecular complexity index is 371. The molecule has 3 nitrogen and oxygen atoms in total. The second-order valence-electron chi connectivity index (χ2n) is 4.75. The maximum Gasteiger partial charge on any atom is 0.123 e. The summed E-state index contributed by atoms with van der Waals surface area (Å²) in [6, 6.07) is 5.76. The molecular weight excluding hydrogens is 262 g/mol. The highest BCUT2D eigenvalue weighted by molar-refractivity contribution is 6.30. The average molecular weight is 286 g/mol. The van der Waals surface area contributed by atoms with Crippen LogP contribution in [0.25, 0.3) is 0 Å². The van der Waals surface area contributed by atoms with Crippen LogP contribution >= 0.6 is 11.6 Å². The van der Waals surface area contributed by atoms with E-state index in [1.807, 2.05) is 18.2 Å². The zero-order chi connectivity index (χ0) is 14.1. The normalized spacial score (nSPS) is 12.4. The molecule has 0 heterocycles. The molecule has 0 radical (unpaired) electrons. The molecule has 0 fully saturated rings. The van der Waals surface area contributed by atoms with Crippen LogP contribution in [0.2, 0.25) is 5.02 Å². The second-order valence-corrected chi connectivity index (χ2v) is 5.18. The standard InChI is InChI=1S/C15H24ClNO2/c1-4-12(2)11-19-15-6-5-14(16)9-13(15)10-17-7-8-18-3/h5-6,9,12,17H,4,7-8,10-11H2,1-3H3. The maximum atomic E-state index is 6.04. The summed E-state index contributed by atoms with van der Waals surface area (Å²) in [5, 5.41) is 4.04. The Morgan fingerprint density at radius 3 is 2.84 bits per heavy atom. The van der Waals surface area contributed by atoms with Gasteiger partial charge in [-0.15, -0.1) is 0 Å². The molecule has 0 aromatic heterocycles. The van der Waals surface area contributed by atoms with Gasteiger partial charge in [0.2, 0.25) is 0 Å². The van der Waals surface area contributed by atoms with E-state index in [1.54, 1.807) is 7.11 Å². The molecule has 0 aliphatic heterocycles. The predicted molar refractivity (Wildman–Crippen MR) is 80.0 cm³/mol. The third kappa shape index (κ3) is 6.28. The van der Waals surface area contributed by atoms with E-state index in [-0.39, 0.29) is 0 Å². The van der Waals surface area contributed by atoms with Crippen LogP contribution in [0.5, 0.6) is 5.75 Å². The Labute approximate surface area is 121 Å². The van der Waals surface area contributed by atoms with Gasteiger partial charge in [-0.1, -0.05) is 31.9 Å². The van der Waals surface area contributed by atoms with Gasteiger partial charge in [-0.25, -0.2) is 0 Å². The summed E-state index contributed by atoms with van der Waals surface area (Å²) in [7, 11) is 1.70. The molecule has 1 aromatic rings. The fraction of sp³-hybridized carbons (Fsp3) is 0.600. The molecule has 4 heteroatoms. The van der Waals surface area contributed by atoms with Crippen LogP contribution in [-0.2, 0) is 11.3 Å². The van der Waals surface area contributed by atoms with Crippen molar-refractivity contribution in [2.45, 2.75) is 26.8 Å². The number of hydrogen-bond acceptors (Lipinski definition) is 3. The largest absolute Gasteiger partial charge is 0.493 e. The molecular formula is C15H24ClNO2. The van der Waals surface area contributed by atoms with Gasteiger partial charge >= 0.3 is 0 Å². The molecule has 1 atom stereocenters. The fourth-order valence-electron chi connectivity index (χ4n) is 1.57. The lowest BCUT2D eigenvalue weighted by Gasteiger charge is -2.15. The fourth-order valence-corrected chi connectivity index (χ4v) is 1.77. The van der Waals surface area contributed by atoms with Crippen LogP contribution in [0.4, 0.5) is 0 Å². The van der Waals surface area contributed by atoms with Crippen LogP contribution < -0.4 is 10.1 Å². The smallest absolute Gasteiger partial charge is 0.123 e. The molecule has 0 saturated heterocycles. The highest BCUT2D eigenvalue weighted by Crippen LogP contribution is 2.23. The lowest BCUT2D eigenvalue weighted by Crippen LogP contribution is -2.19. The topological polar surface area (TPSA) is 30.5 Å². The number of hydrogen-bond donors (Lipinski definition) is 1. The summed E-state index contributed by atoms with van der Waals surface area (Å²) in [6.45, 7) is 7.34. The van der Waals surface area contributed by atoms with Crippen molar-refractivity contribution in [1.82, 2.24) is 5.32 Å². The van der Waals surface area contributed by atoms with Crippen molar-refractivity contribution in [2.75, 3.05) is 26.9 Å². The average Bonchev–Trinajstić information content (AvgIpc) is 2.42. The van der Waals surface area contributed by atoms with Crippen molar-refractivity contribution in [3.8, 4) is 5.75 Å². The molecule has 1 aromatic carbocycles. The molecule has 0 amide bonds. The SMILES string of the molecule is CCC(C)COc1ccc(Cl)cc1CNCCOC. The Balaban J connectivity index is 2.58. The number of ether oxygens (including phenoxy) is 2. The van der Waals surface area contributed by atoms with Gasteiger partial charge in [0.05, 0.1) is 13.2 Å². The minimum absolute atomic E-state index is 0.560. The van der Waals surface area contributed by atoms with Crippen molar-refractivity contribution in [1.29, 1.82) is 0 Å². The van der Waals surface area contributed by atoms with Gasteiger partial charge in [-0.05, 0) is 24.1 Å². The minimum atomic E-state index is 0.560. The predicted octanol–water partition coefficient (Wildman–Crippen LogP) is 3.50. The van der Waals surface area contributed by atoms with E-state index in [2.05, 4.69) is 19.2 Å². The van der Waals surface area contributed by atoms with Crippen LogP contribution in [-0.4, -0.2) is 26.9 Å². The maximum absolute atomic E-state index is 6.04. The molecule has 1 rings (SSSR count). The van der Waals surface area contributed by atoms with Crippen molar-refractivity contribution in [2.24, 2.45) is 5.92 Å². The van der Waals surface area contributed by atoms with Crippen molar-refractivity contribution >= 4 is 11.6 Å². The Kier molecular flexibility index (Phi) is 7.87. The molecule has 0 aliphatic rings. The zero-order valence-corrected chi connectivity index (χ0v) is 12.8. The number of methoxy groups -OCH3 is 1. The van der Waals surface area contributed by atoms with Crippen LogP contribution in [0.3, 0.4) is 0 Å². The van der Waals surface area contributed by atoms with E-state index >= 15 is 0 Å². The second kappa shape index (κ2) is 9.18. The molecule has 0 aliphatic carbocycles. The quantitative estimate of drug-likeness (QED) is 0.705. The van der Waals surface area contributed by atoms with E-state index in [0.717, 1.165) is 42.5 Å². The van der Waals surface area contributed by atoms with E-state index in [0.29, 0.717) is 12.5 Å². The van der Waals surface area contributed by atoms with E-state index < -0.39 is 0 Å². The third-order valence-corrected chi connectivity index (χ3v) is 3.28. The Morgan fingerprint density at radius 2 is 2.16 bits per heavy atom. The lowest BCUT2D eigenvalue weighted by molar-refractivity contribution is 0.199. The summed E-state index contributed by atoms with van der Waals surface area (Å²) in [4.78, 5) is 0. The molecule has 108 valence electrons. The number of rotatable bonds is 9. The Hall–Kier alpha value is -0.770. The zero-order valence-electron chi connectivity index (χ0n) is 12.0. The highest BCUT2D eigenvalue weighted by atomic mass is 35.5. The molecule has 0 saturated carbocycles. The third-order valence-electron chi connectivity index (χ3n) is 3.04. The van der Waals surface area contributed by atoms with E-state index in [1.165, 1.54) is 0 Å². The van der Waals surface area contributed by atoms with Crippen LogP contribution in [0.15, 0.2) is 18.2 Å². The molecule has 1 N–H and O–H groups in total. The highest BCUT2D eigenvalue weighted by Gasteiger charge is 2.06. The van der Waals surface area contributed by atoms with Gasteiger partial charge in [0.25, 0.3) is 0 Å². The summed E-state index contributed by atoms with van der Waals surface area (Å²) < 4.78 is 10.9. The van der Waals surface area contributed by atoms with Crippen molar-refractivity contribution < 1.29 is 9.47 Å². The first-order valence-electron chi connectivity index (χ1n) is 6.78. The first-order chi connectivity index (χ1) is 9.17. The van der Waals surface area contributed by atoms with Crippen LogP contribution in [0.1, 0.15) is 25.8 Å². The van der Waals surface area contributed by atoms with Crippen molar-refractivity contribution in [3.05, 3.63) is 28.8 Å². The minimum Gasteiger partial charge on any atom is -0.493 e. The summed E-state index contributed by atoms with van der Waals surface area (Å²) in [6.07, 6.45) is 1.12. The van der Waals surface area contributed by atoms with Crippen molar-refractivity contribution in [3.63, 3.8) is 0 Å². The molecule has 0 bridgehead atoms. The summed E-state index contributed by atoms with van der Waals surface area (Å²) >= 11 is 6.04. The van der Waals surface area contributed by atoms with E-state index in [4.69, 9.17) is 21.1 Å². The van der Waals surface area contributed by atoms with E-state index in [9.17, 15) is 0 Å². The number of halogens is 1. The van der Waals surface area contributed by atoms with Gasteiger partial charge in [0, 0.05) is 30.8 Å².